The van der Waals surface area contributed by atoms with Gasteiger partial charge >= 0.3 is 12.0 Å². The zero-order chi connectivity index (χ0) is 23.8. The monoisotopic (exact) mass is 447 g/mol. The molecule has 0 radical (unpaired) electrons. The third kappa shape index (κ3) is 4.24. The van der Waals surface area contributed by atoms with Gasteiger partial charge in [-0.25, -0.2) is 9.59 Å². The third-order valence-corrected chi connectivity index (χ3v) is 6.02. The number of rotatable bonds is 6. The summed E-state index contributed by atoms with van der Waals surface area (Å²) in [5.41, 5.74) is 3.51. The number of urea groups is 1. The second-order valence-corrected chi connectivity index (χ2v) is 8.61. The molecule has 2 aliphatic heterocycles. The van der Waals surface area contributed by atoms with Crippen LogP contribution in [0.15, 0.2) is 60.3 Å². The van der Waals surface area contributed by atoms with E-state index in [1.165, 1.54) is 6.08 Å². The van der Waals surface area contributed by atoms with Crippen LogP contribution in [-0.4, -0.2) is 48.8 Å². The van der Waals surface area contributed by atoms with Crippen LogP contribution in [0, 0.1) is 0 Å². The average Bonchev–Trinajstić information content (AvgIpc) is 3.21. The third-order valence-electron chi connectivity index (χ3n) is 6.02. The summed E-state index contributed by atoms with van der Waals surface area (Å²) in [6, 6.07) is 14.0. The molecule has 4 rings (SSSR count). The van der Waals surface area contributed by atoms with Crippen LogP contribution < -0.4 is 10.2 Å². The summed E-state index contributed by atoms with van der Waals surface area (Å²) in [5.74, 6) is -1.29. The zero-order valence-electron chi connectivity index (χ0n) is 18.8. The van der Waals surface area contributed by atoms with Crippen LogP contribution in [0.4, 0.5) is 10.5 Å². The summed E-state index contributed by atoms with van der Waals surface area (Å²) in [5, 5.41) is 2.45. The number of amides is 3. The number of hydrogen-bond donors (Lipinski definition) is 1. The highest BCUT2D eigenvalue weighted by atomic mass is 16.5. The number of nitrogens with zero attached hydrogens (tertiary/aromatic N) is 2. The molecule has 1 N–H and O–H groups in total. The first-order valence-electron chi connectivity index (χ1n) is 10.6. The Kier molecular flexibility index (Phi) is 5.76. The van der Waals surface area contributed by atoms with Gasteiger partial charge in [-0.1, -0.05) is 44.2 Å². The van der Waals surface area contributed by atoms with E-state index in [-0.39, 0.29) is 42.4 Å². The number of allylic oxidation sites excluding steroid dienone is 1. The molecule has 1 fully saturated rings. The number of fused-ring (bicyclic) bond motifs is 1. The molecule has 2 aliphatic rings. The summed E-state index contributed by atoms with van der Waals surface area (Å²) in [7, 11) is 1.91. The minimum Gasteiger partial charge on any atom is -0.454 e. The number of hydrogen-bond acceptors (Lipinski definition) is 6. The van der Waals surface area contributed by atoms with Crippen molar-refractivity contribution < 1.29 is 23.9 Å². The standard InChI is InChI=1S/C25H25N3O5/c1-25(2)19-9-4-5-10-20(19)27(3)21(25)12-18(29)15-33-23(31)17-8-6-7-16(11-17)14-28-22(30)13-26-24(28)32/h4-12H,13-15H2,1-3H3,(H,26,32)/b21-12-. The molecule has 170 valence electrons. The fourth-order valence-electron chi connectivity index (χ4n) is 4.27. The van der Waals surface area contributed by atoms with Crippen LogP contribution in [0.5, 0.6) is 0 Å². The van der Waals surface area contributed by atoms with Crippen molar-refractivity contribution in [3.05, 3.63) is 77.0 Å². The minimum atomic E-state index is -0.650. The Morgan fingerprint density at radius 3 is 2.58 bits per heavy atom. The second-order valence-electron chi connectivity index (χ2n) is 8.61. The Hall–Kier alpha value is -3.94. The van der Waals surface area contributed by atoms with E-state index in [0.29, 0.717) is 5.56 Å². The summed E-state index contributed by atoms with van der Waals surface area (Å²) >= 11 is 0. The van der Waals surface area contributed by atoms with E-state index in [0.717, 1.165) is 21.8 Å². The Labute approximate surface area is 191 Å². The highest BCUT2D eigenvalue weighted by Crippen LogP contribution is 2.46. The smallest absolute Gasteiger partial charge is 0.338 e. The molecule has 1 saturated heterocycles. The Morgan fingerprint density at radius 2 is 1.88 bits per heavy atom. The van der Waals surface area contributed by atoms with Crippen molar-refractivity contribution in [2.45, 2.75) is 25.8 Å². The molecule has 0 unspecified atom stereocenters. The van der Waals surface area contributed by atoms with Crippen molar-refractivity contribution in [2.24, 2.45) is 0 Å². The highest BCUT2D eigenvalue weighted by molar-refractivity contribution is 6.02. The number of carbonyl (C=O) groups is 4. The maximum atomic E-state index is 12.6. The van der Waals surface area contributed by atoms with Crippen LogP contribution in [0.3, 0.4) is 0 Å². The van der Waals surface area contributed by atoms with Gasteiger partial charge in [0.25, 0.3) is 0 Å². The summed E-state index contributed by atoms with van der Waals surface area (Å²) < 4.78 is 5.24. The molecule has 33 heavy (non-hydrogen) atoms. The van der Waals surface area contributed by atoms with E-state index in [1.54, 1.807) is 24.3 Å². The molecule has 0 spiro atoms. The molecule has 2 aromatic carbocycles. The maximum Gasteiger partial charge on any atom is 0.338 e. The van der Waals surface area contributed by atoms with E-state index >= 15 is 0 Å². The molecular weight excluding hydrogens is 422 g/mol. The average molecular weight is 447 g/mol. The Morgan fingerprint density at radius 1 is 1.12 bits per heavy atom. The molecule has 8 nitrogen and oxygen atoms in total. The molecule has 0 aromatic heterocycles. The Bertz CT molecular complexity index is 1170. The number of ketones is 1. The fraction of sp³-hybridized carbons (Fsp3) is 0.280. The summed E-state index contributed by atoms with van der Waals surface area (Å²) in [4.78, 5) is 51.7. The van der Waals surface area contributed by atoms with Gasteiger partial charge in [-0.3, -0.25) is 14.5 Å². The largest absolute Gasteiger partial charge is 0.454 e. The van der Waals surface area contributed by atoms with Crippen LogP contribution in [0.2, 0.25) is 0 Å². The lowest BCUT2D eigenvalue weighted by Gasteiger charge is -2.23. The molecule has 3 amide bonds. The van der Waals surface area contributed by atoms with Crippen molar-refractivity contribution in [3.8, 4) is 0 Å². The highest BCUT2D eigenvalue weighted by Gasteiger charge is 2.38. The number of esters is 1. The van der Waals surface area contributed by atoms with Crippen LogP contribution in [-0.2, 0) is 26.3 Å². The molecule has 0 saturated carbocycles. The van der Waals surface area contributed by atoms with Crippen molar-refractivity contribution in [1.29, 1.82) is 0 Å². The molecule has 2 heterocycles. The van der Waals surface area contributed by atoms with Gasteiger partial charge in [0.15, 0.2) is 12.4 Å². The topological polar surface area (TPSA) is 96.0 Å². The predicted molar refractivity (Wildman–Crippen MR) is 122 cm³/mol. The number of ether oxygens (including phenoxy) is 1. The maximum absolute atomic E-state index is 12.6. The number of nitrogens with one attached hydrogen (secondary N) is 1. The number of benzene rings is 2. The molecule has 0 atom stereocenters. The molecule has 0 bridgehead atoms. The van der Waals surface area contributed by atoms with Gasteiger partial charge < -0.3 is 15.0 Å². The molecule has 0 aliphatic carbocycles. The van der Waals surface area contributed by atoms with Gasteiger partial charge in [0.2, 0.25) is 5.91 Å². The number of likely N-dealkylation sites (N-methyl/N-ethyl adjacent to an activating group) is 1. The first-order valence-corrected chi connectivity index (χ1v) is 10.6. The van der Waals surface area contributed by atoms with Crippen molar-refractivity contribution in [2.75, 3.05) is 25.1 Å². The fourth-order valence-corrected chi connectivity index (χ4v) is 4.27. The zero-order valence-corrected chi connectivity index (χ0v) is 18.8. The van der Waals surface area contributed by atoms with E-state index in [2.05, 4.69) is 19.2 Å². The van der Waals surface area contributed by atoms with Crippen LogP contribution in [0.25, 0.3) is 0 Å². The summed E-state index contributed by atoms with van der Waals surface area (Å²) in [6.07, 6.45) is 1.53. The van der Waals surface area contributed by atoms with Gasteiger partial charge in [0.05, 0.1) is 18.7 Å². The van der Waals surface area contributed by atoms with Gasteiger partial charge in [0.1, 0.15) is 0 Å². The first-order chi connectivity index (χ1) is 15.7. The van der Waals surface area contributed by atoms with E-state index in [4.69, 9.17) is 4.74 Å². The quantitative estimate of drug-likeness (QED) is 0.416. The van der Waals surface area contributed by atoms with E-state index in [9.17, 15) is 19.2 Å². The first kappa shape index (κ1) is 22.3. The lowest BCUT2D eigenvalue weighted by atomic mass is 9.83. The van der Waals surface area contributed by atoms with Crippen molar-refractivity contribution >= 4 is 29.4 Å². The van der Waals surface area contributed by atoms with Gasteiger partial charge in [-0.15, -0.1) is 0 Å². The van der Waals surface area contributed by atoms with Gasteiger partial charge in [-0.2, -0.15) is 0 Å². The predicted octanol–water partition coefficient (Wildman–Crippen LogP) is 2.78. The molecule has 2 aromatic rings. The van der Waals surface area contributed by atoms with Crippen LogP contribution in [0.1, 0.15) is 35.3 Å². The van der Waals surface area contributed by atoms with Gasteiger partial charge in [0, 0.05) is 29.9 Å². The minimum absolute atomic E-state index is 0.0325. The van der Waals surface area contributed by atoms with Crippen molar-refractivity contribution in [1.82, 2.24) is 10.2 Å². The lowest BCUT2D eigenvalue weighted by Crippen LogP contribution is -2.30. The summed E-state index contributed by atoms with van der Waals surface area (Å²) in [6.45, 7) is 3.74. The normalized spacial score (nSPS) is 17.8. The second kappa shape index (κ2) is 8.54. The number of para-hydroxylation sites is 1. The molecular formula is C25H25N3O5. The molecule has 8 heteroatoms. The van der Waals surface area contributed by atoms with E-state index < -0.39 is 12.0 Å². The Balaban J connectivity index is 1.41. The lowest BCUT2D eigenvalue weighted by molar-refractivity contribution is -0.125. The number of imide groups is 1. The number of carbonyl (C=O) groups excluding carboxylic acids is 4. The number of anilines is 1. The van der Waals surface area contributed by atoms with Gasteiger partial charge in [-0.05, 0) is 29.3 Å². The SMILES string of the molecule is CN1/C(=C\C(=O)COC(=O)c2cccc(CN3C(=O)CNC3=O)c2)C(C)(C)c2ccccc21. The van der Waals surface area contributed by atoms with Crippen LogP contribution >= 0.6 is 0 Å². The van der Waals surface area contributed by atoms with E-state index in [1.807, 2.05) is 36.2 Å². The van der Waals surface area contributed by atoms with Crippen molar-refractivity contribution in [3.63, 3.8) is 0 Å².